The number of halogens is 3. The number of carbonyl (C=O) groups excluding carboxylic acids is 1. The number of nitrogens with zero attached hydrogens (tertiary/aromatic N) is 1. The number of hydrogen-bond acceptors (Lipinski definition) is 6. The zero-order chi connectivity index (χ0) is 25.2. The van der Waals surface area contributed by atoms with Gasteiger partial charge in [-0.2, -0.15) is 13.2 Å². The minimum absolute atomic E-state index is 0.0455. The molecule has 4 rings (SSSR count). The van der Waals surface area contributed by atoms with Crippen LogP contribution in [0.15, 0.2) is 60.8 Å². The third-order valence-corrected chi connectivity index (χ3v) is 5.88. The summed E-state index contributed by atoms with van der Waals surface area (Å²) < 4.78 is 49.3. The first-order chi connectivity index (χ1) is 16.7. The fourth-order valence-electron chi connectivity index (χ4n) is 4.16. The Kier molecular flexibility index (Phi) is 6.95. The number of pyridine rings is 1. The maximum absolute atomic E-state index is 13.0. The van der Waals surface area contributed by atoms with Gasteiger partial charge in [-0.3, -0.25) is 0 Å². The Morgan fingerprint density at radius 2 is 1.69 bits per heavy atom. The summed E-state index contributed by atoms with van der Waals surface area (Å²) in [6.07, 6.45) is -8.41. The Bertz CT molecular complexity index is 1170. The Labute approximate surface area is 199 Å². The van der Waals surface area contributed by atoms with E-state index >= 15 is 0 Å². The van der Waals surface area contributed by atoms with Gasteiger partial charge in [-0.25, -0.2) is 9.78 Å². The third kappa shape index (κ3) is 5.08. The van der Waals surface area contributed by atoms with Crippen LogP contribution in [-0.2, 0) is 10.9 Å². The summed E-state index contributed by atoms with van der Waals surface area (Å²) in [6, 6.07) is 16.3. The Morgan fingerprint density at radius 1 is 1.09 bits per heavy atom. The van der Waals surface area contributed by atoms with Crippen LogP contribution in [-0.4, -0.2) is 47.7 Å². The van der Waals surface area contributed by atoms with Crippen molar-refractivity contribution in [1.82, 2.24) is 10.3 Å². The van der Waals surface area contributed by atoms with E-state index in [1.807, 2.05) is 48.5 Å². The molecule has 0 saturated carbocycles. The smallest absolute Gasteiger partial charge is 0.417 e. The molecule has 2 unspecified atom stereocenters. The SMILES string of the molecule is COc1ncc(C(F)(F)F)cc1C(O)C(O)CNC(=O)OCC1c2ccccc2-c2ccccc21. The first-order valence-electron chi connectivity index (χ1n) is 10.8. The maximum Gasteiger partial charge on any atom is 0.417 e. The van der Waals surface area contributed by atoms with Gasteiger partial charge in [0.15, 0.2) is 0 Å². The molecule has 0 spiro atoms. The molecule has 7 nitrogen and oxygen atoms in total. The van der Waals surface area contributed by atoms with Crippen molar-refractivity contribution in [3.05, 3.63) is 83.0 Å². The van der Waals surface area contributed by atoms with Gasteiger partial charge in [0.1, 0.15) is 18.8 Å². The van der Waals surface area contributed by atoms with Gasteiger partial charge in [0.2, 0.25) is 5.88 Å². The first kappa shape index (κ1) is 24.5. The van der Waals surface area contributed by atoms with Gasteiger partial charge in [0.25, 0.3) is 0 Å². The van der Waals surface area contributed by atoms with Gasteiger partial charge in [0, 0.05) is 24.2 Å². The molecule has 0 fully saturated rings. The molecule has 0 saturated heterocycles. The lowest BCUT2D eigenvalue weighted by Crippen LogP contribution is -2.36. The number of aliphatic hydroxyl groups excluding tert-OH is 2. The lowest BCUT2D eigenvalue weighted by atomic mass is 9.98. The van der Waals surface area contributed by atoms with Crippen molar-refractivity contribution in [3.8, 4) is 17.0 Å². The third-order valence-electron chi connectivity index (χ3n) is 5.88. The van der Waals surface area contributed by atoms with Gasteiger partial charge in [0.05, 0.1) is 12.7 Å². The van der Waals surface area contributed by atoms with E-state index < -0.39 is 36.6 Å². The van der Waals surface area contributed by atoms with Crippen molar-refractivity contribution in [3.63, 3.8) is 0 Å². The highest BCUT2D eigenvalue weighted by molar-refractivity contribution is 5.79. The lowest BCUT2D eigenvalue weighted by molar-refractivity contribution is -0.138. The minimum Gasteiger partial charge on any atom is -0.481 e. The predicted molar refractivity (Wildman–Crippen MR) is 120 cm³/mol. The quantitative estimate of drug-likeness (QED) is 0.464. The molecule has 1 aliphatic rings. The predicted octanol–water partition coefficient (Wildman–Crippen LogP) is 4.04. The summed E-state index contributed by atoms with van der Waals surface area (Å²) in [5.74, 6) is -0.435. The Balaban J connectivity index is 1.37. The topological polar surface area (TPSA) is 101 Å². The van der Waals surface area contributed by atoms with Crippen molar-refractivity contribution < 1.29 is 37.7 Å². The number of ether oxygens (including phenoxy) is 2. The molecule has 1 heterocycles. The van der Waals surface area contributed by atoms with Crippen LogP contribution in [0.3, 0.4) is 0 Å². The number of benzene rings is 2. The van der Waals surface area contributed by atoms with E-state index in [2.05, 4.69) is 10.3 Å². The largest absolute Gasteiger partial charge is 0.481 e. The van der Waals surface area contributed by atoms with E-state index in [1.165, 1.54) is 7.11 Å². The van der Waals surface area contributed by atoms with E-state index in [1.54, 1.807) is 0 Å². The van der Waals surface area contributed by atoms with E-state index in [9.17, 15) is 28.2 Å². The second-order valence-electron chi connectivity index (χ2n) is 8.04. The number of nitrogens with one attached hydrogen (secondary N) is 1. The van der Waals surface area contributed by atoms with E-state index in [4.69, 9.17) is 9.47 Å². The average molecular weight is 488 g/mol. The van der Waals surface area contributed by atoms with Crippen LogP contribution in [0.5, 0.6) is 5.88 Å². The van der Waals surface area contributed by atoms with Crippen LogP contribution in [0.2, 0.25) is 0 Å². The number of carbonyl (C=O) groups is 1. The number of alkyl carbamates (subject to hydrolysis) is 1. The Morgan fingerprint density at radius 3 is 2.26 bits per heavy atom. The lowest BCUT2D eigenvalue weighted by Gasteiger charge is -2.21. The number of alkyl halides is 3. The normalized spacial score (nSPS) is 14.6. The standard InChI is InChI=1S/C25H23F3N2O5/c1-34-23-19(10-14(11-29-23)25(26,27)28)22(32)21(31)12-30-24(33)35-13-20-17-8-4-2-6-15(17)16-7-3-5-9-18(16)20/h2-11,20-22,31-32H,12-13H2,1H3,(H,30,33). The minimum atomic E-state index is -4.70. The molecule has 2 atom stereocenters. The van der Waals surface area contributed by atoms with Crippen molar-refractivity contribution in [1.29, 1.82) is 0 Å². The van der Waals surface area contributed by atoms with Gasteiger partial charge in [-0.05, 0) is 28.3 Å². The molecule has 1 aromatic heterocycles. The fourth-order valence-corrected chi connectivity index (χ4v) is 4.16. The summed E-state index contributed by atoms with van der Waals surface area (Å²) in [7, 11) is 1.17. The molecule has 10 heteroatoms. The highest BCUT2D eigenvalue weighted by atomic mass is 19.4. The van der Waals surface area contributed by atoms with Crippen molar-refractivity contribution in [2.75, 3.05) is 20.3 Å². The molecule has 3 aromatic rings. The van der Waals surface area contributed by atoms with Crippen molar-refractivity contribution in [2.24, 2.45) is 0 Å². The van der Waals surface area contributed by atoms with Crippen LogP contribution in [0.25, 0.3) is 11.1 Å². The van der Waals surface area contributed by atoms with Crippen LogP contribution in [0, 0.1) is 0 Å². The zero-order valence-corrected chi connectivity index (χ0v) is 18.6. The molecule has 35 heavy (non-hydrogen) atoms. The summed E-state index contributed by atoms with van der Waals surface area (Å²) in [5.41, 5.74) is 2.73. The van der Waals surface area contributed by atoms with E-state index in [0.717, 1.165) is 22.3 Å². The summed E-state index contributed by atoms with van der Waals surface area (Å²) in [5, 5.41) is 23.0. The molecular weight excluding hydrogens is 465 g/mol. The van der Waals surface area contributed by atoms with E-state index in [0.29, 0.717) is 12.3 Å². The number of hydrogen-bond donors (Lipinski definition) is 3. The van der Waals surface area contributed by atoms with Crippen LogP contribution < -0.4 is 10.1 Å². The second-order valence-corrected chi connectivity index (χ2v) is 8.04. The summed E-state index contributed by atoms with van der Waals surface area (Å²) in [4.78, 5) is 15.8. The number of amides is 1. The van der Waals surface area contributed by atoms with Crippen LogP contribution in [0.4, 0.5) is 18.0 Å². The fraction of sp³-hybridized carbons (Fsp3) is 0.280. The van der Waals surface area contributed by atoms with Crippen LogP contribution in [0.1, 0.15) is 34.3 Å². The highest BCUT2D eigenvalue weighted by Gasteiger charge is 2.34. The molecule has 2 aromatic carbocycles. The van der Waals surface area contributed by atoms with Gasteiger partial charge in [-0.15, -0.1) is 0 Å². The van der Waals surface area contributed by atoms with Gasteiger partial charge < -0.3 is 25.0 Å². The molecule has 0 radical (unpaired) electrons. The summed E-state index contributed by atoms with van der Waals surface area (Å²) >= 11 is 0. The second kappa shape index (κ2) is 9.93. The van der Waals surface area contributed by atoms with Crippen LogP contribution >= 0.6 is 0 Å². The maximum atomic E-state index is 13.0. The summed E-state index contributed by atoms with van der Waals surface area (Å²) in [6.45, 7) is -0.429. The average Bonchev–Trinajstić information content (AvgIpc) is 3.18. The van der Waals surface area contributed by atoms with E-state index in [-0.39, 0.29) is 24.0 Å². The van der Waals surface area contributed by atoms with Crippen molar-refractivity contribution >= 4 is 6.09 Å². The molecule has 0 bridgehead atoms. The molecular formula is C25H23F3N2O5. The first-order valence-corrected chi connectivity index (χ1v) is 10.8. The molecule has 1 amide bonds. The highest BCUT2D eigenvalue weighted by Crippen LogP contribution is 2.44. The molecule has 1 aliphatic carbocycles. The monoisotopic (exact) mass is 488 g/mol. The number of fused-ring (bicyclic) bond motifs is 3. The zero-order valence-electron chi connectivity index (χ0n) is 18.6. The number of rotatable bonds is 7. The molecule has 3 N–H and O–H groups in total. The number of aliphatic hydroxyl groups is 2. The Hall–Kier alpha value is -3.63. The molecule has 0 aliphatic heterocycles. The number of methoxy groups -OCH3 is 1. The van der Waals surface area contributed by atoms with Gasteiger partial charge in [-0.1, -0.05) is 48.5 Å². The van der Waals surface area contributed by atoms with Crippen molar-refractivity contribution in [2.45, 2.75) is 24.3 Å². The molecule has 184 valence electrons. The van der Waals surface area contributed by atoms with Gasteiger partial charge >= 0.3 is 12.3 Å². The number of aromatic nitrogens is 1.